The van der Waals surface area contributed by atoms with Gasteiger partial charge in [0.2, 0.25) is 0 Å². The summed E-state index contributed by atoms with van der Waals surface area (Å²) < 4.78 is 0. The van der Waals surface area contributed by atoms with Crippen LogP contribution in [0.25, 0.3) is 0 Å². The maximum atomic E-state index is 11.2. The second-order valence-electron chi connectivity index (χ2n) is 7.04. The minimum absolute atomic E-state index is 0.0220. The van der Waals surface area contributed by atoms with Crippen molar-refractivity contribution in [3.8, 4) is 0 Å². The third kappa shape index (κ3) is 4.92. The van der Waals surface area contributed by atoms with Crippen LogP contribution in [0.1, 0.15) is 25.7 Å². The van der Waals surface area contributed by atoms with E-state index in [4.69, 9.17) is 0 Å². The Hall–Kier alpha value is -2.20. The summed E-state index contributed by atoms with van der Waals surface area (Å²) in [5, 5.41) is 36.7. The largest absolute Gasteiger partial charge is 0.480 e. The fourth-order valence-electron chi connectivity index (χ4n) is 4.64. The zero-order valence-corrected chi connectivity index (χ0v) is 14.3. The Morgan fingerprint density at radius 3 is 1.00 bits per heavy atom. The molecule has 0 amide bonds. The van der Waals surface area contributed by atoms with Crippen LogP contribution in [0.3, 0.4) is 0 Å². The van der Waals surface area contributed by atoms with E-state index in [1.54, 1.807) is 0 Å². The van der Waals surface area contributed by atoms with Crippen molar-refractivity contribution >= 4 is 23.9 Å². The van der Waals surface area contributed by atoms with Gasteiger partial charge in [0.15, 0.2) is 0 Å². The number of carboxylic acids is 4. The SMILES string of the molecule is O=C(O)CN(CC(=O)O)C1C(N(CC(=O)O)CC(=O)O)[C@H]2CC[C@@H]1CC2. The van der Waals surface area contributed by atoms with Crippen LogP contribution in [0.2, 0.25) is 0 Å². The van der Waals surface area contributed by atoms with Gasteiger partial charge in [-0.05, 0) is 37.5 Å². The molecule has 0 aliphatic heterocycles. The van der Waals surface area contributed by atoms with E-state index in [0.29, 0.717) is 0 Å². The van der Waals surface area contributed by atoms with Gasteiger partial charge in [-0.15, -0.1) is 0 Å². The van der Waals surface area contributed by atoms with Crippen LogP contribution in [0.4, 0.5) is 0 Å². The van der Waals surface area contributed by atoms with Crippen molar-refractivity contribution in [2.75, 3.05) is 26.2 Å². The first-order valence-electron chi connectivity index (χ1n) is 8.54. The van der Waals surface area contributed by atoms with Crippen LogP contribution < -0.4 is 0 Å². The van der Waals surface area contributed by atoms with E-state index in [0.717, 1.165) is 25.7 Å². The average Bonchev–Trinajstić information content (AvgIpc) is 2.52. The molecule has 0 radical (unpaired) electrons. The summed E-state index contributed by atoms with van der Waals surface area (Å²) in [6, 6.07) is -0.984. The summed E-state index contributed by atoms with van der Waals surface area (Å²) in [6.45, 7) is -1.93. The van der Waals surface area contributed by atoms with E-state index < -0.39 is 62.1 Å². The zero-order valence-electron chi connectivity index (χ0n) is 14.3. The maximum absolute atomic E-state index is 11.2. The van der Waals surface area contributed by atoms with Crippen molar-refractivity contribution in [3.63, 3.8) is 0 Å². The Bertz CT molecular complexity index is 491. The van der Waals surface area contributed by atoms with Gasteiger partial charge in [-0.1, -0.05) is 0 Å². The molecule has 2 atom stereocenters. The van der Waals surface area contributed by atoms with Crippen molar-refractivity contribution in [1.29, 1.82) is 0 Å². The molecule has 0 aromatic heterocycles. The zero-order chi connectivity index (χ0) is 19.4. The van der Waals surface area contributed by atoms with E-state index in [1.807, 2.05) is 0 Å². The van der Waals surface area contributed by atoms with Crippen LogP contribution in [-0.4, -0.2) is 92.4 Å². The first-order valence-corrected chi connectivity index (χ1v) is 8.54. The molecular weight excluding hydrogens is 348 g/mol. The number of rotatable bonds is 10. The summed E-state index contributed by atoms with van der Waals surface area (Å²) in [5.74, 6) is -4.64. The van der Waals surface area contributed by atoms with Crippen molar-refractivity contribution < 1.29 is 39.6 Å². The fourth-order valence-corrected chi connectivity index (χ4v) is 4.64. The summed E-state index contributed by atoms with van der Waals surface area (Å²) in [5.41, 5.74) is 0. The molecule has 10 nitrogen and oxygen atoms in total. The maximum Gasteiger partial charge on any atom is 0.317 e. The van der Waals surface area contributed by atoms with Crippen LogP contribution in [0.5, 0.6) is 0 Å². The highest BCUT2D eigenvalue weighted by atomic mass is 16.4. The van der Waals surface area contributed by atoms with Gasteiger partial charge >= 0.3 is 23.9 Å². The van der Waals surface area contributed by atoms with Crippen molar-refractivity contribution in [1.82, 2.24) is 9.80 Å². The number of fused-ring (bicyclic) bond motifs is 3. The molecule has 10 heteroatoms. The smallest absolute Gasteiger partial charge is 0.317 e. The molecule has 26 heavy (non-hydrogen) atoms. The van der Waals surface area contributed by atoms with Gasteiger partial charge < -0.3 is 20.4 Å². The Morgan fingerprint density at radius 1 is 0.577 bits per heavy atom. The van der Waals surface area contributed by atoms with Crippen molar-refractivity contribution in [2.24, 2.45) is 11.8 Å². The lowest BCUT2D eigenvalue weighted by molar-refractivity contribution is -0.154. The lowest BCUT2D eigenvalue weighted by atomic mass is 9.63. The molecule has 3 aliphatic carbocycles. The molecule has 3 rings (SSSR count). The minimum Gasteiger partial charge on any atom is -0.480 e. The summed E-state index contributed by atoms with van der Waals surface area (Å²) in [7, 11) is 0. The number of aliphatic carboxylic acids is 4. The third-order valence-electron chi connectivity index (χ3n) is 5.33. The Morgan fingerprint density at radius 2 is 0.808 bits per heavy atom. The highest BCUT2D eigenvalue weighted by molar-refractivity contribution is 5.73. The number of hydrogen-bond donors (Lipinski definition) is 4. The van der Waals surface area contributed by atoms with Gasteiger partial charge in [0.1, 0.15) is 0 Å². The van der Waals surface area contributed by atoms with Crippen LogP contribution >= 0.6 is 0 Å². The molecule has 0 aromatic carbocycles. The molecule has 3 aliphatic rings. The molecular formula is C16H24N2O8. The fraction of sp³-hybridized carbons (Fsp3) is 0.750. The standard InChI is InChI=1S/C16H24N2O8/c19-11(20)5-17(6-12(21)22)15-9-1-2-10(4-3-9)16(15)18(7-13(23)24)8-14(25)26/h9-10,15-16H,1-8H2,(H,19,20)(H,21,22)(H,23,24)(H,25,26)/t9-,10+,15?,16?. The molecule has 2 bridgehead atoms. The molecule has 0 spiro atoms. The summed E-state index contributed by atoms with van der Waals surface area (Å²) >= 11 is 0. The van der Waals surface area contributed by atoms with Gasteiger partial charge in [0.05, 0.1) is 26.2 Å². The molecule has 2 unspecified atom stereocenters. The predicted molar refractivity (Wildman–Crippen MR) is 86.7 cm³/mol. The lowest BCUT2D eigenvalue weighted by Crippen LogP contribution is -2.65. The van der Waals surface area contributed by atoms with E-state index in [9.17, 15) is 39.6 Å². The third-order valence-corrected chi connectivity index (χ3v) is 5.33. The molecule has 3 fully saturated rings. The number of hydrogen-bond acceptors (Lipinski definition) is 6. The predicted octanol–water partition coefficient (Wildman–Crippen LogP) is -0.514. The second kappa shape index (κ2) is 8.45. The highest BCUT2D eigenvalue weighted by Crippen LogP contribution is 2.45. The van der Waals surface area contributed by atoms with Gasteiger partial charge in [-0.3, -0.25) is 29.0 Å². The molecule has 0 saturated heterocycles. The van der Waals surface area contributed by atoms with Gasteiger partial charge in [-0.2, -0.15) is 0 Å². The van der Waals surface area contributed by atoms with Gasteiger partial charge in [0, 0.05) is 12.1 Å². The summed E-state index contributed by atoms with van der Waals surface area (Å²) in [4.78, 5) is 47.6. The quantitative estimate of drug-likeness (QED) is 0.394. The van der Waals surface area contributed by atoms with E-state index in [1.165, 1.54) is 9.80 Å². The van der Waals surface area contributed by atoms with Gasteiger partial charge in [-0.25, -0.2) is 0 Å². The normalized spacial score (nSPS) is 27.6. The molecule has 0 heterocycles. The Kier molecular flexibility index (Phi) is 6.54. The molecule has 0 aromatic rings. The van der Waals surface area contributed by atoms with E-state index >= 15 is 0 Å². The first-order chi connectivity index (χ1) is 12.2. The van der Waals surface area contributed by atoms with E-state index in [-0.39, 0.29) is 11.8 Å². The Balaban J connectivity index is 2.36. The monoisotopic (exact) mass is 372 g/mol. The Labute approximate surface area is 150 Å². The van der Waals surface area contributed by atoms with Crippen LogP contribution in [0.15, 0.2) is 0 Å². The second-order valence-corrected chi connectivity index (χ2v) is 7.04. The lowest BCUT2D eigenvalue weighted by Gasteiger charge is -2.55. The van der Waals surface area contributed by atoms with Crippen LogP contribution in [-0.2, 0) is 19.2 Å². The molecule has 146 valence electrons. The van der Waals surface area contributed by atoms with E-state index in [2.05, 4.69) is 0 Å². The molecule has 4 N–H and O–H groups in total. The minimum atomic E-state index is -1.17. The average molecular weight is 372 g/mol. The van der Waals surface area contributed by atoms with Gasteiger partial charge in [0.25, 0.3) is 0 Å². The number of nitrogens with zero attached hydrogens (tertiary/aromatic N) is 2. The topological polar surface area (TPSA) is 156 Å². The number of carboxylic acid groups (broad SMARTS) is 4. The van der Waals surface area contributed by atoms with Crippen molar-refractivity contribution in [3.05, 3.63) is 0 Å². The summed E-state index contributed by atoms with van der Waals surface area (Å²) in [6.07, 6.45) is 3.20. The molecule has 3 saturated carbocycles. The van der Waals surface area contributed by atoms with Crippen molar-refractivity contribution in [2.45, 2.75) is 37.8 Å². The number of carbonyl (C=O) groups is 4. The highest BCUT2D eigenvalue weighted by Gasteiger charge is 2.49. The first kappa shape index (κ1) is 20.1. The van der Waals surface area contributed by atoms with Crippen LogP contribution in [0, 0.1) is 11.8 Å².